The summed E-state index contributed by atoms with van der Waals surface area (Å²) in [6.07, 6.45) is 0. The molecule has 2 rings (SSSR count). The lowest BCUT2D eigenvalue weighted by atomic mass is 10.1. The molecule has 22 heavy (non-hydrogen) atoms. The minimum Gasteiger partial charge on any atom is -0.320 e. The molecule has 0 aromatic heterocycles. The van der Waals surface area contributed by atoms with Crippen molar-refractivity contribution in [2.45, 2.75) is 33.2 Å². The highest BCUT2D eigenvalue weighted by Gasteiger charge is 2.24. The Bertz CT molecular complexity index is 612. The highest BCUT2D eigenvalue weighted by molar-refractivity contribution is 5.90. The van der Waals surface area contributed by atoms with Crippen LogP contribution in [0.5, 0.6) is 0 Å². The highest BCUT2D eigenvalue weighted by atomic mass is 16.2. The van der Waals surface area contributed by atoms with Gasteiger partial charge in [-0.3, -0.25) is 0 Å². The van der Waals surface area contributed by atoms with Gasteiger partial charge in [0.05, 0.1) is 0 Å². The van der Waals surface area contributed by atoms with E-state index in [1.807, 2.05) is 75.1 Å². The molecule has 2 amide bonds. The molecule has 0 saturated carbocycles. The summed E-state index contributed by atoms with van der Waals surface area (Å²) >= 11 is 0. The number of nitrogens with zero attached hydrogens (tertiary/aromatic N) is 1. The molecule has 0 heterocycles. The van der Waals surface area contributed by atoms with E-state index < -0.39 is 0 Å². The van der Waals surface area contributed by atoms with E-state index in [1.165, 1.54) is 5.56 Å². The Kier molecular flexibility index (Phi) is 4.86. The van der Waals surface area contributed by atoms with Gasteiger partial charge in [-0.1, -0.05) is 42.5 Å². The van der Waals surface area contributed by atoms with Crippen LogP contribution in [0.3, 0.4) is 0 Å². The summed E-state index contributed by atoms with van der Waals surface area (Å²) in [6.45, 7) is 8.78. The first-order chi connectivity index (χ1) is 10.4. The van der Waals surface area contributed by atoms with E-state index in [0.29, 0.717) is 6.54 Å². The summed E-state index contributed by atoms with van der Waals surface area (Å²) in [5, 5.41) is 2.97. The predicted molar refractivity (Wildman–Crippen MR) is 93.0 cm³/mol. The largest absolute Gasteiger partial charge is 0.322 e. The molecule has 3 heteroatoms. The van der Waals surface area contributed by atoms with Gasteiger partial charge < -0.3 is 10.2 Å². The van der Waals surface area contributed by atoms with Gasteiger partial charge in [-0.05, 0) is 51.0 Å². The average molecular weight is 296 g/mol. The van der Waals surface area contributed by atoms with Crippen molar-refractivity contribution in [3.63, 3.8) is 0 Å². The van der Waals surface area contributed by atoms with E-state index in [0.717, 1.165) is 11.3 Å². The van der Waals surface area contributed by atoms with Crippen LogP contribution in [0.4, 0.5) is 10.5 Å². The van der Waals surface area contributed by atoms with Crippen molar-refractivity contribution in [2.24, 2.45) is 0 Å². The Morgan fingerprint density at radius 1 is 0.955 bits per heavy atom. The maximum atomic E-state index is 12.4. The van der Waals surface area contributed by atoms with Crippen molar-refractivity contribution in [3.05, 3.63) is 54.6 Å². The lowest BCUT2D eigenvalue weighted by Gasteiger charge is -2.34. The predicted octanol–water partition coefficient (Wildman–Crippen LogP) is 5.01. The summed E-state index contributed by atoms with van der Waals surface area (Å²) in [4.78, 5) is 14.2. The third kappa shape index (κ3) is 3.88. The van der Waals surface area contributed by atoms with Crippen LogP contribution < -0.4 is 5.32 Å². The van der Waals surface area contributed by atoms with Crippen molar-refractivity contribution in [1.82, 2.24) is 4.90 Å². The van der Waals surface area contributed by atoms with Gasteiger partial charge in [0.15, 0.2) is 0 Å². The molecule has 1 N–H and O–H groups in total. The molecule has 0 bridgehead atoms. The molecule has 0 saturated heterocycles. The second-order valence-corrected chi connectivity index (χ2v) is 6.29. The first kappa shape index (κ1) is 16.1. The fourth-order valence-electron chi connectivity index (χ4n) is 2.49. The Balaban J connectivity index is 2.10. The van der Waals surface area contributed by atoms with E-state index in [-0.39, 0.29) is 11.6 Å². The third-order valence-corrected chi connectivity index (χ3v) is 3.61. The van der Waals surface area contributed by atoms with Gasteiger partial charge in [-0.25, -0.2) is 4.79 Å². The summed E-state index contributed by atoms with van der Waals surface area (Å²) < 4.78 is 0. The zero-order chi connectivity index (χ0) is 16.2. The Morgan fingerprint density at radius 3 is 2.00 bits per heavy atom. The van der Waals surface area contributed by atoms with Crippen LogP contribution in [0.15, 0.2) is 54.6 Å². The van der Waals surface area contributed by atoms with Crippen LogP contribution >= 0.6 is 0 Å². The molecular weight excluding hydrogens is 272 g/mol. The number of urea groups is 1. The molecular formula is C19H24N2O. The number of hydrogen-bond donors (Lipinski definition) is 1. The van der Waals surface area contributed by atoms with Crippen molar-refractivity contribution in [2.75, 3.05) is 11.9 Å². The van der Waals surface area contributed by atoms with Crippen LogP contribution in [0, 0.1) is 0 Å². The minimum atomic E-state index is -0.192. The Labute approximate surface area is 133 Å². The van der Waals surface area contributed by atoms with Crippen molar-refractivity contribution < 1.29 is 4.79 Å². The maximum absolute atomic E-state index is 12.4. The van der Waals surface area contributed by atoms with E-state index in [9.17, 15) is 4.79 Å². The van der Waals surface area contributed by atoms with Crippen LogP contribution in [0.1, 0.15) is 27.7 Å². The Morgan fingerprint density at radius 2 is 1.50 bits per heavy atom. The summed E-state index contributed by atoms with van der Waals surface area (Å²) in [5.41, 5.74) is 2.93. The molecule has 0 aliphatic heterocycles. The molecule has 2 aromatic carbocycles. The zero-order valence-electron chi connectivity index (χ0n) is 13.8. The zero-order valence-corrected chi connectivity index (χ0v) is 13.8. The second kappa shape index (κ2) is 6.65. The summed E-state index contributed by atoms with van der Waals surface area (Å²) in [5.74, 6) is 0. The number of hydrogen-bond acceptors (Lipinski definition) is 1. The number of nitrogens with one attached hydrogen (secondary N) is 1. The quantitative estimate of drug-likeness (QED) is 0.848. The standard InChI is InChI=1S/C19H24N2O/c1-5-21(19(2,3)4)18(22)20-17-13-11-16(12-14-17)15-9-7-6-8-10-15/h6-14H,5H2,1-4H3,(H,20,22). The molecule has 0 atom stereocenters. The van der Waals surface area contributed by atoms with Gasteiger partial charge >= 0.3 is 6.03 Å². The lowest BCUT2D eigenvalue weighted by Crippen LogP contribution is -2.47. The minimum absolute atomic E-state index is 0.0672. The van der Waals surface area contributed by atoms with E-state index in [4.69, 9.17) is 0 Å². The van der Waals surface area contributed by atoms with Crippen LogP contribution in [0.2, 0.25) is 0 Å². The average Bonchev–Trinajstić information content (AvgIpc) is 2.48. The third-order valence-electron chi connectivity index (χ3n) is 3.61. The summed E-state index contributed by atoms with van der Waals surface area (Å²) in [7, 11) is 0. The Hall–Kier alpha value is -2.29. The van der Waals surface area contributed by atoms with Gasteiger partial charge in [-0.2, -0.15) is 0 Å². The maximum Gasteiger partial charge on any atom is 0.322 e. The van der Waals surface area contributed by atoms with E-state index >= 15 is 0 Å². The van der Waals surface area contributed by atoms with Gasteiger partial charge in [0.2, 0.25) is 0 Å². The van der Waals surface area contributed by atoms with Crippen molar-refractivity contribution in [1.29, 1.82) is 0 Å². The fourth-order valence-corrected chi connectivity index (χ4v) is 2.49. The number of carbonyl (C=O) groups excluding carboxylic acids is 1. The molecule has 0 fully saturated rings. The normalized spacial score (nSPS) is 11.1. The first-order valence-electron chi connectivity index (χ1n) is 7.66. The fraction of sp³-hybridized carbons (Fsp3) is 0.316. The summed E-state index contributed by atoms with van der Waals surface area (Å²) in [6, 6.07) is 18.1. The molecule has 0 aliphatic carbocycles. The smallest absolute Gasteiger partial charge is 0.320 e. The molecule has 2 aromatic rings. The SMILES string of the molecule is CCN(C(=O)Nc1ccc(-c2ccccc2)cc1)C(C)(C)C. The monoisotopic (exact) mass is 296 g/mol. The van der Waals surface area contributed by atoms with Gasteiger partial charge in [0, 0.05) is 17.8 Å². The number of amides is 2. The molecule has 0 aliphatic rings. The molecule has 3 nitrogen and oxygen atoms in total. The van der Waals surface area contributed by atoms with Gasteiger partial charge in [0.1, 0.15) is 0 Å². The lowest BCUT2D eigenvalue weighted by molar-refractivity contribution is 0.162. The van der Waals surface area contributed by atoms with Gasteiger partial charge in [-0.15, -0.1) is 0 Å². The second-order valence-electron chi connectivity index (χ2n) is 6.29. The number of rotatable bonds is 3. The topological polar surface area (TPSA) is 32.3 Å². The van der Waals surface area contributed by atoms with E-state index in [1.54, 1.807) is 0 Å². The van der Waals surface area contributed by atoms with Gasteiger partial charge in [0.25, 0.3) is 0 Å². The molecule has 116 valence electrons. The van der Waals surface area contributed by atoms with Crippen LogP contribution in [-0.4, -0.2) is 23.0 Å². The molecule has 0 spiro atoms. The highest BCUT2D eigenvalue weighted by Crippen LogP contribution is 2.22. The molecule has 0 unspecified atom stereocenters. The number of carbonyl (C=O) groups is 1. The van der Waals surface area contributed by atoms with Crippen LogP contribution in [-0.2, 0) is 0 Å². The first-order valence-corrected chi connectivity index (χ1v) is 7.66. The van der Waals surface area contributed by atoms with Crippen molar-refractivity contribution in [3.8, 4) is 11.1 Å². The van der Waals surface area contributed by atoms with Crippen LogP contribution in [0.25, 0.3) is 11.1 Å². The van der Waals surface area contributed by atoms with E-state index in [2.05, 4.69) is 17.4 Å². The number of anilines is 1. The number of benzene rings is 2. The molecule has 0 radical (unpaired) electrons. The van der Waals surface area contributed by atoms with Crippen molar-refractivity contribution >= 4 is 11.7 Å².